The first-order valence-electron chi connectivity index (χ1n) is 12.8. The number of amides is 2. The first kappa shape index (κ1) is 29.6. The van der Waals surface area contributed by atoms with Crippen LogP contribution in [0.15, 0.2) is 89.5 Å². The number of nitrogens with one attached hydrogen (secondary N) is 7. The van der Waals surface area contributed by atoms with Crippen molar-refractivity contribution in [1.82, 2.24) is 25.8 Å². The van der Waals surface area contributed by atoms with Gasteiger partial charge in [-0.15, -0.1) is 0 Å². The van der Waals surface area contributed by atoms with E-state index in [9.17, 15) is 4.79 Å². The van der Waals surface area contributed by atoms with Crippen molar-refractivity contribution in [3.63, 3.8) is 0 Å². The van der Waals surface area contributed by atoms with E-state index in [1.165, 1.54) is 0 Å². The van der Waals surface area contributed by atoms with Gasteiger partial charge in [-0.3, -0.25) is 15.8 Å². The number of aromatic nitrogens is 3. The molecule has 0 saturated heterocycles. The van der Waals surface area contributed by atoms with Crippen molar-refractivity contribution >= 4 is 52.4 Å². The van der Waals surface area contributed by atoms with Crippen molar-refractivity contribution in [2.75, 3.05) is 16.0 Å². The maximum atomic E-state index is 13.0. The first-order valence-corrected chi connectivity index (χ1v) is 12.8. The molecule has 0 unspecified atom stereocenters. The van der Waals surface area contributed by atoms with Crippen LogP contribution in [0.2, 0.25) is 0 Å². The highest BCUT2D eigenvalue weighted by molar-refractivity contribution is 6.07. The number of nitrogens with zero attached hydrogens (tertiary/aromatic N) is 5. The molecule has 0 aliphatic rings. The molecule has 2 heterocycles. The SMILES string of the molecule is C/C(=N\NC(=N)N)c1cc(NC(=O)Nc2cccc(Nc3nccc(-c4cccnc4)n3)c2)cc(/C(C)=N/NC(=N)N)c1. The third-order valence-corrected chi connectivity index (χ3v) is 5.70. The molecule has 0 aliphatic heterocycles. The zero-order valence-electron chi connectivity index (χ0n) is 23.3. The summed E-state index contributed by atoms with van der Waals surface area (Å²) >= 11 is 0. The minimum Gasteiger partial charge on any atom is -0.369 e. The number of hydrogen-bond acceptors (Lipinski definition) is 9. The van der Waals surface area contributed by atoms with Crippen LogP contribution in [0.25, 0.3) is 11.3 Å². The normalized spacial score (nSPS) is 11.3. The number of urea groups is 1. The van der Waals surface area contributed by atoms with Crippen LogP contribution in [0.4, 0.5) is 27.8 Å². The van der Waals surface area contributed by atoms with E-state index in [-0.39, 0.29) is 11.9 Å². The fourth-order valence-electron chi connectivity index (χ4n) is 3.73. The Kier molecular flexibility index (Phi) is 9.50. The highest BCUT2D eigenvalue weighted by Crippen LogP contribution is 2.22. The molecule has 4 rings (SSSR count). The van der Waals surface area contributed by atoms with Crippen molar-refractivity contribution in [1.29, 1.82) is 10.8 Å². The van der Waals surface area contributed by atoms with Crippen molar-refractivity contribution in [3.8, 4) is 11.3 Å². The number of anilines is 4. The molecular weight excluding hydrogens is 548 g/mol. The number of benzene rings is 2. The molecule has 2 aromatic carbocycles. The topological polar surface area (TPSA) is 240 Å². The van der Waals surface area contributed by atoms with Gasteiger partial charge in [0.05, 0.1) is 17.1 Å². The molecule has 2 aromatic heterocycles. The molecule has 0 bridgehead atoms. The van der Waals surface area contributed by atoms with Gasteiger partial charge in [-0.25, -0.2) is 25.6 Å². The Hall–Kier alpha value is -6.38. The van der Waals surface area contributed by atoms with Gasteiger partial charge in [0.2, 0.25) is 17.9 Å². The van der Waals surface area contributed by atoms with Crippen LogP contribution in [0.3, 0.4) is 0 Å². The lowest BCUT2D eigenvalue weighted by molar-refractivity contribution is 0.262. The number of guanidine groups is 2. The number of carbonyl (C=O) groups excluding carboxylic acids is 1. The average Bonchev–Trinajstić information content (AvgIpc) is 2.99. The standard InChI is InChI=1S/C28H30N14O/c1-16(39-41-25(29)30)19-11-20(17(2)40-42-26(31)32)13-23(12-19)37-28(43)36-22-7-3-6-21(14-22)35-27-34-10-8-24(38-27)18-5-4-9-33-15-18/h3-15H,1-2H3,(H4,29,30,41)(H4,31,32,42)(H,34,35,38)(H2,36,37,43)/b39-16+,40-17+. The summed E-state index contributed by atoms with van der Waals surface area (Å²) in [6.07, 6.45) is 5.07. The molecular formula is C28H30N14O. The third-order valence-electron chi connectivity index (χ3n) is 5.70. The minimum absolute atomic E-state index is 0.318. The zero-order chi connectivity index (χ0) is 30.8. The molecule has 218 valence electrons. The van der Waals surface area contributed by atoms with E-state index in [4.69, 9.17) is 22.3 Å². The molecule has 0 fully saturated rings. The number of pyridine rings is 1. The highest BCUT2D eigenvalue weighted by Gasteiger charge is 2.11. The quantitative estimate of drug-likeness (QED) is 0.0802. The van der Waals surface area contributed by atoms with E-state index in [0.717, 1.165) is 11.3 Å². The van der Waals surface area contributed by atoms with Crippen LogP contribution in [0, 0.1) is 10.8 Å². The Balaban J connectivity index is 1.50. The van der Waals surface area contributed by atoms with Crippen LogP contribution < -0.4 is 38.3 Å². The van der Waals surface area contributed by atoms with Crippen molar-refractivity contribution in [3.05, 3.63) is 90.4 Å². The fourth-order valence-corrected chi connectivity index (χ4v) is 3.73. The van der Waals surface area contributed by atoms with Crippen LogP contribution in [0.1, 0.15) is 25.0 Å². The number of nitrogens with two attached hydrogens (primary N) is 2. The Labute approximate surface area is 247 Å². The second-order valence-electron chi connectivity index (χ2n) is 9.04. The molecule has 15 heteroatoms. The van der Waals surface area contributed by atoms with Gasteiger partial charge in [0.15, 0.2) is 0 Å². The summed E-state index contributed by atoms with van der Waals surface area (Å²) in [5.74, 6) is -0.248. The summed E-state index contributed by atoms with van der Waals surface area (Å²) in [5.41, 5.74) is 21.0. The summed E-state index contributed by atoms with van der Waals surface area (Å²) in [6.45, 7) is 3.43. The smallest absolute Gasteiger partial charge is 0.323 e. The Morgan fingerprint density at radius 2 is 1.44 bits per heavy atom. The second-order valence-corrected chi connectivity index (χ2v) is 9.04. The Bertz CT molecular complexity index is 1650. The number of rotatable bonds is 9. The van der Waals surface area contributed by atoms with E-state index >= 15 is 0 Å². The lowest BCUT2D eigenvalue weighted by atomic mass is 10.0. The van der Waals surface area contributed by atoms with Crippen molar-refractivity contribution in [2.45, 2.75) is 13.8 Å². The predicted molar refractivity (Wildman–Crippen MR) is 169 cm³/mol. The average molecular weight is 579 g/mol. The Morgan fingerprint density at radius 3 is 2.07 bits per heavy atom. The van der Waals surface area contributed by atoms with Crippen molar-refractivity contribution < 1.29 is 4.79 Å². The van der Waals surface area contributed by atoms with Gasteiger partial charge in [-0.2, -0.15) is 10.2 Å². The van der Waals surface area contributed by atoms with Gasteiger partial charge in [0.1, 0.15) is 0 Å². The number of hydrogen-bond donors (Lipinski definition) is 9. The maximum Gasteiger partial charge on any atom is 0.323 e. The molecule has 0 atom stereocenters. The summed E-state index contributed by atoms with van der Waals surface area (Å²) in [4.78, 5) is 26.0. The van der Waals surface area contributed by atoms with Crippen molar-refractivity contribution in [2.24, 2.45) is 21.7 Å². The molecule has 0 spiro atoms. The summed E-state index contributed by atoms with van der Waals surface area (Å²) in [7, 11) is 0. The van der Waals surface area contributed by atoms with Gasteiger partial charge in [0.25, 0.3) is 0 Å². The third kappa shape index (κ3) is 8.81. The molecule has 43 heavy (non-hydrogen) atoms. The van der Waals surface area contributed by atoms with E-state index < -0.39 is 6.03 Å². The second kappa shape index (κ2) is 13.8. The first-order chi connectivity index (χ1) is 20.7. The van der Waals surface area contributed by atoms with E-state index in [1.54, 1.807) is 74.9 Å². The van der Waals surface area contributed by atoms with Gasteiger partial charge in [0, 0.05) is 52.3 Å². The molecule has 4 aromatic rings. The fraction of sp³-hybridized carbons (Fsp3) is 0.0714. The summed E-state index contributed by atoms with van der Waals surface area (Å²) in [6, 6.07) is 17.3. The Morgan fingerprint density at radius 1 is 0.791 bits per heavy atom. The molecule has 0 aliphatic carbocycles. The molecule has 0 radical (unpaired) electrons. The van der Waals surface area contributed by atoms with E-state index in [1.807, 2.05) is 18.2 Å². The maximum absolute atomic E-state index is 13.0. The van der Waals surface area contributed by atoms with Crippen LogP contribution in [-0.2, 0) is 0 Å². The zero-order valence-corrected chi connectivity index (χ0v) is 23.3. The van der Waals surface area contributed by atoms with Crippen LogP contribution in [0.5, 0.6) is 0 Å². The van der Waals surface area contributed by atoms with Gasteiger partial charge in [-0.1, -0.05) is 6.07 Å². The van der Waals surface area contributed by atoms with Crippen LogP contribution in [-0.4, -0.2) is 44.3 Å². The lowest BCUT2D eigenvalue weighted by Crippen LogP contribution is -2.27. The molecule has 15 nitrogen and oxygen atoms in total. The van der Waals surface area contributed by atoms with Crippen LogP contribution >= 0.6 is 0 Å². The van der Waals surface area contributed by atoms with E-state index in [0.29, 0.717) is 45.6 Å². The largest absolute Gasteiger partial charge is 0.369 e. The predicted octanol–water partition coefficient (Wildman–Crippen LogP) is 3.34. The minimum atomic E-state index is -0.497. The summed E-state index contributed by atoms with van der Waals surface area (Å²) in [5, 5.41) is 31.6. The highest BCUT2D eigenvalue weighted by atomic mass is 16.2. The van der Waals surface area contributed by atoms with Gasteiger partial charge < -0.3 is 27.4 Å². The van der Waals surface area contributed by atoms with E-state index in [2.05, 4.69) is 52.0 Å². The van der Waals surface area contributed by atoms with Gasteiger partial charge >= 0.3 is 6.03 Å². The number of carbonyl (C=O) groups is 1. The molecule has 2 amide bonds. The monoisotopic (exact) mass is 578 g/mol. The number of hydrazone groups is 2. The molecule has 11 N–H and O–H groups in total. The van der Waals surface area contributed by atoms with Gasteiger partial charge in [-0.05, 0) is 68.4 Å². The lowest BCUT2D eigenvalue weighted by Gasteiger charge is -2.13. The molecule has 0 saturated carbocycles. The summed E-state index contributed by atoms with van der Waals surface area (Å²) < 4.78 is 0.